The van der Waals surface area contributed by atoms with Crippen LogP contribution in [0.5, 0.6) is 0 Å². The van der Waals surface area contributed by atoms with Crippen molar-refractivity contribution in [3.8, 4) is 0 Å². The van der Waals surface area contributed by atoms with Crippen LogP contribution in [0.3, 0.4) is 0 Å². The number of hydrogen-bond donors (Lipinski definition) is 1. The Morgan fingerprint density at radius 2 is 2.25 bits per heavy atom. The van der Waals surface area contributed by atoms with Gasteiger partial charge < -0.3 is 10.1 Å². The van der Waals surface area contributed by atoms with Crippen LogP contribution >= 0.6 is 0 Å². The number of nitrogens with one attached hydrogen (secondary N) is 1. The summed E-state index contributed by atoms with van der Waals surface area (Å²) in [6.45, 7) is 0. The molecule has 0 aromatic carbocycles. The molecule has 0 unspecified atom stereocenters. The van der Waals surface area contributed by atoms with E-state index in [4.69, 9.17) is 0 Å². The molecule has 0 bridgehead atoms. The highest BCUT2D eigenvalue weighted by molar-refractivity contribution is 6.07. The summed E-state index contributed by atoms with van der Waals surface area (Å²) in [4.78, 5) is 27.1. The van der Waals surface area contributed by atoms with Crippen molar-refractivity contribution in [1.82, 2.24) is 4.98 Å². The predicted octanol–water partition coefficient (Wildman–Crippen LogP) is 0.852. The van der Waals surface area contributed by atoms with Gasteiger partial charge in [-0.15, -0.1) is 0 Å². The first-order chi connectivity index (χ1) is 7.67. The van der Waals surface area contributed by atoms with Gasteiger partial charge in [-0.25, -0.2) is 9.78 Å². The maximum atomic E-state index is 11.7. The molecule has 1 spiro atoms. The van der Waals surface area contributed by atoms with E-state index in [1.165, 1.54) is 7.11 Å². The number of hydrogen-bond acceptors (Lipinski definition) is 4. The number of methoxy groups -OCH3 is 1. The van der Waals surface area contributed by atoms with Crippen molar-refractivity contribution in [3.63, 3.8) is 0 Å². The molecule has 1 aromatic heterocycles. The van der Waals surface area contributed by atoms with Crippen LogP contribution in [0.15, 0.2) is 12.1 Å². The van der Waals surface area contributed by atoms with Crippen LogP contribution in [-0.2, 0) is 14.9 Å². The third-order valence-electron chi connectivity index (χ3n) is 3.22. The lowest BCUT2D eigenvalue weighted by Gasteiger charge is -2.04. The summed E-state index contributed by atoms with van der Waals surface area (Å²) in [5.74, 6) is 0.0104. The average Bonchev–Trinajstić information content (AvgIpc) is 3.03. The highest BCUT2D eigenvalue weighted by atomic mass is 16.5. The lowest BCUT2D eigenvalue weighted by Crippen LogP contribution is -2.18. The molecule has 1 aliphatic carbocycles. The molecule has 0 saturated heterocycles. The number of nitrogens with zero attached hydrogens (tertiary/aromatic N) is 1. The molecule has 0 atom stereocenters. The highest BCUT2D eigenvalue weighted by Crippen LogP contribution is 2.54. The molecule has 1 amide bonds. The van der Waals surface area contributed by atoms with Gasteiger partial charge in [0.2, 0.25) is 5.91 Å². The number of carbonyl (C=O) groups is 2. The number of pyridine rings is 1. The fraction of sp³-hybridized carbons (Fsp3) is 0.364. The fourth-order valence-corrected chi connectivity index (χ4v) is 2.13. The molecule has 2 heterocycles. The van der Waals surface area contributed by atoms with Crippen molar-refractivity contribution >= 4 is 17.7 Å². The number of carbonyl (C=O) groups excluding carboxylic acids is 2. The molecule has 2 aliphatic rings. The van der Waals surface area contributed by atoms with Crippen LogP contribution in [0.4, 0.5) is 5.82 Å². The molecule has 5 heteroatoms. The van der Waals surface area contributed by atoms with Gasteiger partial charge in [0.05, 0.1) is 12.5 Å². The first-order valence-electron chi connectivity index (χ1n) is 5.09. The van der Waals surface area contributed by atoms with E-state index >= 15 is 0 Å². The average molecular weight is 218 g/mol. The Balaban J connectivity index is 2.06. The molecule has 1 aromatic rings. The number of rotatable bonds is 1. The molecule has 16 heavy (non-hydrogen) atoms. The van der Waals surface area contributed by atoms with Gasteiger partial charge in [0.15, 0.2) is 5.69 Å². The van der Waals surface area contributed by atoms with Crippen molar-refractivity contribution in [1.29, 1.82) is 0 Å². The molecule has 5 nitrogen and oxygen atoms in total. The second kappa shape index (κ2) is 2.81. The summed E-state index contributed by atoms with van der Waals surface area (Å²) < 4.78 is 4.58. The first-order valence-corrected chi connectivity index (χ1v) is 5.09. The number of fused-ring (bicyclic) bond motifs is 2. The van der Waals surface area contributed by atoms with Crippen LogP contribution in [0.2, 0.25) is 0 Å². The van der Waals surface area contributed by atoms with Gasteiger partial charge in [0.25, 0.3) is 0 Å². The molecule has 82 valence electrons. The van der Waals surface area contributed by atoms with Gasteiger partial charge in [-0.1, -0.05) is 6.07 Å². The van der Waals surface area contributed by atoms with E-state index in [9.17, 15) is 9.59 Å². The standard InChI is InChI=1S/C11H10N2O3/c1-16-9(14)7-3-2-6-8(12-7)13-10(15)11(6)4-5-11/h2-3H,4-5H2,1H3,(H,12,13,15). The SMILES string of the molecule is COC(=O)c1ccc2c(n1)NC(=O)C21CC1. The molecule has 1 aliphatic heterocycles. The number of amides is 1. The summed E-state index contributed by atoms with van der Waals surface area (Å²) in [6, 6.07) is 3.39. The molecule has 3 rings (SSSR count). The zero-order chi connectivity index (χ0) is 11.3. The summed E-state index contributed by atoms with van der Waals surface area (Å²) in [5, 5.41) is 2.71. The Morgan fingerprint density at radius 1 is 1.50 bits per heavy atom. The zero-order valence-corrected chi connectivity index (χ0v) is 8.74. The lowest BCUT2D eigenvalue weighted by atomic mass is 9.99. The summed E-state index contributed by atoms with van der Waals surface area (Å²) in [6.07, 6.45) is 1.73. The van der Waals surface area contributed by atoms with Gasteiger partial charge in [0, 0.05) is 5.56 Å². The second-order valence-corrected chi connectivity index (χ2v) is 4.12. The van der Waals surface area contributed by atoms with E-state index in [0.29, 0.717) is 5.82 Å². The minimum absolute atomic E-state index is 0.00276. The minimum Gasteiger partial charge on any atom is -0.464 e. The number of ether oxygens (including phenoxy) is 1. The van der Waals surface area contributed by atoms with Crippen LogP contribution in [0.1, 0.15) is 28.9 Å². The van der Waals surface area contributed by atoms with Crippen molar-refractivity contribution < 1.29 is 14.3 Å². The fourth-order valence-electron chi connectivity index (χ4n) is 2.13. The maximum Gasteiger partial charge on any atom is 0.356 e. The molecule has 0 radical (unpaired) electrons. The lowest BCUT2D eigenvalue weighted by molar-refractivity contribution is -0.117. The summed E-state index contributed by atoms with van der Waals surface area (Å²) in [5.41, 5.74) is 0.779. The number of aromatic nitrogens is 1. The minimum atomic E-state index is -0.492. The maximum absolute atomic E-state index is 11.7. The van der Waals surface area contributed by atoms with Crippen molar-refractivity contribution in [2.75, 3.05) is 12.4 Å². The summed E-state index contributed by atoms with van der Waals surface area (Å²) in [7, 11) is 1.30. The summed E-state index contributed by atoms with van der Waals surface area (Å²) >= 11 is 0. The number of anilines is 1. The van der Waals surface area contributed by atoms with Gasteiger partial charge >= 0.3 is 5.97 Å². The zero-order valence-electron chi connectivity index (χ0n) is 8.74. The van der Waals surface area contributed by atoms with Gasteiger partial charge in [-0.3, -0.25) is 4.79 Å². The third kappa shape index (κ3) is 1.02. The predicted molar refractivity (Wildman–Crippen MR) is 55.1 cm³/mol. The van der Waals surface area contributed by atoms with Gasteiger partial charge in [0.1, 0.15) is 5.82 Å². The van der Waals surface area contributed by atoms with Gasteiger partial charge in [-0.2, -0.15) is 0 Å². The Bertz CT molecular complexity index is 506. The van der Waals surface area contributed by atoms with Gasteiger partial charge in [-0.05, 0) is 18.9 Å². The molecular formula is C11H10N2O3. The monoisotopic (exact) mass is 218 g/mol. The Labute approximate surface area is 91.8 Å². The van der Waals surface area contributed by atoms with E-state index < -0.39 is 5.97 Å². The van der Waals surface area contributed by atoms with E-state index in [1.54, 1.807) is 12.1 Å². The molecular weight excluding hydrogens is 208 g/mol. The van der Waals surface area contributed by atoms with Crippen LogP contribution in [0.25, 0.3) is 0 Å². The third-order valence-corrected chi connectivity index (χ3v) is 3.22. The Hall–Kier alpha value is -1.91. The number of esters is 1. The smallest absolute Gasteiger partial charge is 0.356 e. The topological polar surface area (TPSA) is 68.3 Å². The van der Waals surface area contributed by atoms with Crippen LogP contribution in [0, 0.1) is 0 Å². The van der Waals surface area contributed by atoms with Crippen molar-refractivity contribution in [2.24, 2.45) is 0 Å². The Morgan fingerprint density at radius 3 is 2.88 bits per heavy atom. The van der Waals surface area contributed by atoms with Crippen LogP contribution < -0.4 is 5.32 Å². The van der Waals surface area contributed by atoms with Crippen LogP contribution in [-0.4, -0.2) is 24.0 Å². The Kier molecular flexibility index (Phi) is 1.64. The largest absolute Gasteiger partial charge is 0.464 e. The van der Waals surface area contributed by atoms with E-state index in [-0.39, 0.29) is 17.0 Å². The molecule has 1 fully saturated rings. The quantitative estimate of drug-likeness (QED) is 0.709. The first kappa shape index (κ1) is 9.33. The van der Waals surface area contributed by atoms with E-state index in [1.807, 2.05) is 0 Å². The van der Waals surface area contributed by atoms with E-state index in [2.05, 4.69) is 15.0 Å². The molecule has 1 N–H and O–H groups in total. The van der Waals surface area contributed by atoms with Crippen molar-refractivity contribution in [3.05, 3.63) is 23.4 Å². The van der Waals surface area contributed by atoms with Crippen molar-refractivity contribution in [2.45, 2.75) is 18.3 Å². The second-order valence-electron chi connectivity index (χ2n) is 4.12. The highest BCUT2D eigenvalue weighted by Gasteiger charge is 2.56. The van der Waals surface area contributed by atoms with E-state index in [0.717, 1.165) is 18.4 Å². The normalized spacial score (nSPS) is 19.2. The molecule has 1 saturated carbocycles.